The number of anilines is 3. The number of para-hydroxylation sites is 2. The quantitative estimate of drug-likeness (QED) is 0.741. The molecular weight excluding hydrogens is 308 g/mol. The van der Waals surface area contributed by atoms with E-state index < -0.39 is 0 Å². The van der Waals surface area contributed by atoms with Crippen LogP contribution in [0.4, 0.5) is 16.5 Å². The van der Waals surface area contributed by atoms with Gasteiger partial charge in [0, 0.05) is 5.69 Å². The number of benzene rings is 2. The minimum atomic E-state index is -0.206. The number of hydrogen-bond acceptors (Lipinski definition) is 5. The minimum absolute atomic E-state index is 0.206. The first kappa shape index (κ1) is 15.2. The number of aryl methyl sites for hydroxylation is 1. The third-order valence-electron chi connectivity index (χ3n) is 3.21. The number of hydrogen-bond donors (Lipinski definition) is 2. The van der Waals surface area contributed by atoms with E-state index in [1.54, 1.807) is 6.07 Å². The predicted molar refractivity (Wildman–Crippen MR) is 93.4 cm³/mol. The molecule has 6 heteroatoms. The predicted octanol–water partition coefficient (Wildman–Crippen LogP) is 4.10. The van der Waals surface area contributed by atoms with Gasteiger partial charge in [-0.3, -0.25) is 10.1 Å². The van der Waals surface area contributed by atoms with Crippen LogP contribution in [0.1, 0.15) is 22.3 Å². The fourth-order valence-electron chi connectivity index (χ4n) is 2.08. The van der Waals surface area contributed by atoms with Gasteiger partial charge in [-0.05, 0) is 30.7 Å². The molecule has 1 amide bonds. The minimum Gasteiger partial charge on any atom is -0.355 e. The van der Waals surface area contributed by atoms with Gasteiger partial charge in [0.05, 0.1) is 11.3 Å². The van der Waals surface area contributed by atoms with Gasteiger partial charge in [0.15, 0.2) is 0 Å². The molecule has 23 heavy (non-hydrogen) atoms. The molecule has 0 fully saturated rings. The Morgan fingerprint density at radius 1 is 1.04 bits per heavy atom. The zero-order valence-corrected chi connectivity index (χ0v) is 13.4. The van der Waals surface area contributed by atoms with Crippen LogP contribution in [0.2, 0.25) is 0 Å². The van der Waals surface area contributed by atoms with E-state index in [1.165, 1.54) is 11.3 Å². The zero-order valence-electron chi connectivity index (χ0n) is 12.6. The Kier molecular flexibility index (Phi) is 4.63. The molecular formula is C17H16N4OS. The lowest BCUT2D eigenvalue weighted by Crippen LogP contribution is -2.13. The molecule has 2 aromatic carbocycles. The molecule has 3 aromatic rings. The molecule has 0 unspecified atom stereocenters. The lowest BCUT2D eigenvalue weighted by atomic mass is 10.1. The first-order valence-corrected chi connectivity index (χ1v) is 8.12. The number of nitrogens with zero attached hydrogens (tertiary/aromatic N) is 2. The summed E-state index contributed by atoms with van der Waals surface area (Å²) in [5, 5.41) is 15.5. The third-order valence-corrected chi connectivity index (χ3v) is 4.20. The summed E-state index contributed by atoms with van der Waals surface area (Å²) in [6, 6.07) is 17.1. The van der Waals surface area contributed by atoms with Crippen LogP contribution in [-0.4, -0.2) is 16.1 Å². The van der Waals surface area contributed by atoms with E-state index in [9.17, 15) is 4.79 Å². The first-order valence-electron chi connectivity index (χ1n) is 7.31. The maximum Gasteiger partial charge on any atom is 0.259 e. The van der Waals surface area contributed by atoms with Crippen LogP contribution >= 0.6 is 11.3 Å². The number of rotatable bonds is 5. The lowest BCUT2D eigenvalue weighted by molar-refractivity contribution is 0.102. The molecule has 0 spiro atoms. The first-order chi connectivity index (χ1) is 11.3. The van der Waals surface area contributed by atoms with E-state index >= 15 is 0 Å². The highest BCUT2D eigenvalue weighted by molar-refractivity contribution is 7.15. The Labute approximate surface area is 138 Å². The van der Waals surface area contributed by atoms with Crippen molar-refractivity contribution in [1.29, 1.82) is 0 Å². The van der Waals surface area contributed by atoms with Crippen molar-refractivity contribution in [1.82, 2.24) is 10.2 Å². The highest BCUT2D eigenvalue weighted by Crippen LogP contribution is 2.23. The van der Waals surface area contributed by atoms with Crippen molar-refractivity contribution < 1.29 is 4.79 Å². The van der Waals surface area contributed by atoms with Crippen LogP contribution in [0.15, 0.2) is 54.6 Å². The van der Waals surface area contributed by atoms with Crippen LogP contribution in [0.25, 0.3) is 0 Å². The van der Waals surface area contributed by atoms with E-state index in [-0.39, 0.29) is 5.91 Å². The standard InChI is InChI=1S/C17H16N4OS/c1-2-15-20-21-17(23-15)19-16(22)13-10-6-7-11-14(13)18-12-8-4-3-5-9-12/h3-11,18H,2H2,1H3,(H,19,21,22). The maximum atomic E-state index is 12.5. The second kappa shape index (κ2) is 7.02. The van der Waals surface area contributed by atoms with Crippen LogP contribution < -0.4 is 10.6 Å². The van der Waals surface area contributed by atoms with Crippen molar-refractivity contribution in [2.45, 2.75) is 13.3 Å². The second-order valence-corrected chi connectivity index (χ2v) is 5.91. The maximum absolute atomic E-state index is 12.5. The van der Waals surface area contributed by atoms with Crippen molar-refractivity contribution in [2.24, 2.45) is 0 Å². The van der Waals surface area contributed by atoms with Crippen molar-refractivity contribution >= 4 is 33.8 Å². The smallest absolute Gasteiger partial charge is 0.259 e. The van der Waals surface area contributed by atoms with E-state index in [2.05, 4.69) is 20.8 Å². The average molecular weight is 324 g/mol. The largest absolute Gasteiger partial charge is 0.355 e. The Balaban J connectivity index is 1.80. The van der Waals surface area contributed by atoms with Crippen LogP contribution in [-0.2, 0) is 6.42 Å². The molecule has 0 aliphatic carbocycles. The van der Waals surface area contributed by atoms with Gasteiger partial charge >= 0.3 is 0 Å². The summed E-state index contributed by atoms with van der Waals surface area (Å²) in [5.41, 5.74) is 2.23. The monoisotopic (exact) mass is 324 g/mol. The van der Waals surface area contributed by atoms with E-state index in [0.717, 1.165) is 22.8 Å². The van der Waals surface area contributed by atoms with Crippen LogP contribution in [0.3, 0.4) is 0 Å². The summed E-state index contributed by atoms with van der Waals surface area (Å²) >= 11 is 1.39. The Bertz CT molecular complexity index is 801. The summed E-state index contributed by atoms with van der Waals surface area (Å²) in [4.78, 5) is 12.5. The topological polar surface area (TPSA) is 66.9 Å². The fraction of sp³-hybridized carbons (Fsp3) is 0.118. The number of aromatic nitrogens is 2. The molecule has 2 N–H and O–H groups in total. The van der Waals surface area contributed by atoms with E-state index in [4.69, 9.17) is 0 Å². The summed E-state index contributed by atoms with van der Waals surface area (Å²) < 4.78 is 0. The molecule has 116 valence electrons. The molecule has 5 nitrogen and oxygen atoms in total. The van der Waals surface area contributed by atoms with E-state index in [0.29, 0.717) is 10.7 Å². The molecule has 3 rings (SSSR count). The van der Waals surface area contributed by atoms with Gasteiger partial charge in [-0.1, -0.05) is 48.6 Å². The second-order valence-electron chi connectivity index (χ2n) is 4.85. The fourth-order valence-corrected chi connectivity index (χ4v) is 2.75. The third kappa shape index (κ3) is 3.73. The number of nitrogens with one attached hydrogen (secondary N) is 2. The Morgan fingerprint density at radius 3 is 2.52 bits per heavy atom. The summed E-state index contributed by atoms with van der Waals surface area (Å²) in [7, 11) is 0. The summed E-state index contributed by atoms with van der Waals surface area (Å²) in [6.07, 6.45) is 0.805. The highest BCUT2D eigenvalue weighted by atomic mass is 32.1. The van der Waals surface area contributed by atoms with Gasteiger partial charge in [0.2, 0.25) is 5.13 Å². The van der Waals surface area contributed by atoms with Crippen LogP contribution in [0, 0.1) is 0 Å². The van der Waals surface area contributed by atoms with E-state index in [1.807, 2.05) is 55.5 Å². The van der Waals surface area contributed by atoms with Crippen LogP contribution in [0.5, 0.6) is 0 Å². The van der Waals surface area contributed by atoms with Gasteiger partial charge < -0.3 is 5.32 Å². The highest BCUT2D eigenvalue weighted by Gasteiger charge is 2.13. The van der Waals surface area contributed by atoms with Gasteiger partial charge in [0.25, 0.3) is 5.91 Å². The molecule has 0 saturated heterocycles. The molecule has 1 aromatic heterocycles. The number of carbonyl (C=O) groups is 1. The van der Waals surface area contributed by atoms with Gasteiger partial charge in [-0.25, -0.2) is 0 Å². The average Bonchev–Trinajstić information content (AvgIpc) is 3.04. The SMILES string of the molecule is CCc1nnc(NC(=O)c2ccccc2Nc2ccccc2)s1. The molecule has 0 aliphatic rings. The molecule has 1 heterocycles. The molecule has 0 saturated carbocycles. The van der Waals surface area contributed by atoms with Gasteiger partial charge in [-0.15, -0.1) is 10.2 Å². The number of amides is 1. The zero-order chi connectivity index (χ0) is 16.1. The van der Waals surface area contributed by atoms with Gasteiger partial charge in [0.1, 0.15) is 5.01 Å². The van der Waals surface area contributed by atoms with Crippen molar-refractivity contribution in [3.05, 3.63) is 65.2 Å². The Hall–Kier alpha value is -2.73. The molecule has 0 aliphatic heterocycles. The molecule has 0 atom stereocenters. The molecule has 0 radical (unpaired) electrons. The van der Waals surface area contributed by atoms with Gasteiger partial charge in [-0.2, -0.15) is 0 Å². The van der Waals surface area contributed by atoms with Crippen molar-refractivity contribution in [3.63, 3.8) is 0 Å². The normalized spacial score (nSPS) is 10.3. The molecule has 0 bridgehead atoms. The Morgan fingerprint density at radius 2 is 1.78 bits per heavy atom. The van der Waals surface area contributed by atoms with Crippen molar-refractivity contribution in [3.8, 4) is 0 Å². The summed E-state index contributed by atoms with van der Waals surface area (Å²) in [5.74, 6) is -0.206. The van der Waals surface area contributed by atoms with Crippen molar-refractivity contribution in [2.75, 3.05) is 10.6 Å². The summed E-state index contributed by atoms with van der Waals surface area (Å²) in [6.45, 7) is 2.01. The number of carbonyl (C=O) groups excluding carboxylic acids is 1. The lowest BCUT2D eigenvalue weighted by Gasteiger charge is -2.11.